The quantitative estimate of drug-likeness (QED) is 0.153. The van der Waals surface area contributed by atoms with E-state index in [0.29, 0.717) is 11.6 Å². The zero-order valence-corrected chi connectivity index (χ0v) is 36.0. The van der Waals surface area contributed by atoms with Crippen LogP contribution >= 0.6 is 11.3 Å². The molecule has 3 heterocycles. The monoisotopic (exact) mass is 846 g/mol. The third-order valence-electron chi connectivity index (χ3n) is 12.1. The van der Waals surface area contributed by atoms with E-state index in [1.807, 2.05) is 53.8 Å². The second kappa shape index (κ2) is 16.4. The lowest BCUT2D eigenvalue weighted by Gasteiger charge is -2.13. The lowest BCUT2D eigenvalue weighted by atomic mass is 9.95. The summed E-state index contributed by atoms with van der Waals surface area (Å²) in [5.74, 6) is 1.38. The van der Waals surface area contributed by atoms with E-state index in [4.69, 9.17) is 19.9 Å². The van der Waals surface area contributed by atoms with E-state index in [2.05, 4.69) is 188 Å². The van der Waals surface area contributed by atoms with Crippen LogP contribution in [0.15, 0.2) is 231 Å². The van der Waals surface area contributed by atoms with Gasteiger partial charge in [-0.05, 0) is 57.8 Å². The van der Waals surface area contributed by atoms with Gasteiger partial charge in [-0.15, -0.1) is 11.3 Å². The first-order valence-electron chi connectivity index (χ1n) is 21.8. The molecule has 0 fully saturated rings. The molecule has 3 aromatic heterocycles. The van der Waals surface area contributed by atoms with Crippen LogP contribution in [0.25, 0.3) is 121 Å². The van der Waals surface area contributed by atoms with Crippen LogP contribution in [0.4, 0.5) is 0 Å². The SMILES string of the molecule is c1ccc(-c2cc(-c3ccccc3)nc(-c3ccc(-c4cc(-c5ccc(-c6nc(-c7ccccc7)cc(-c7cccc8ccccc78)n6)cc5)c5sc6ccccc6c5c4)cc3)n2)cc1. The van der Waals surface area contributed by atoms with Gasteiger partial charge in [0.1, 0.15) is 0 Å². The minimum absolute atomic E-state index is 0.691. The van der Waals surface area contributed by atoms with Gasteiger partial charge in [0.2, 0.25) is 0 Å². The Bertz CT molecular complexity index is 3620. The van der Waals surface area contributed by atoms with Crippen molar-refractivity contribution in [3.63, 3.8) is 0 Å². The second-order valence-electron chi connectivity index (χ2n) is 16.2. The van der Waals surface area contributed by atoms with Gasteiger partial charge >= 0.3 is 0 Å². The van der Waals surface area contributed by atoms with E-state index in [0.717, 1.165) is 72.8 Å². The summed E-state index contributed by atoms with van der Waals surface area (Å²) in [7, 11) is 0. The Hall–Kier alpha value is -8.38. The summed E-state index contributed by atoms with van der Waals surface area (Å²) >= 11 is 1.85. The van der Waals surface area contributed by atoms with Crippen molar-refractivity contribution in [1.82, 2.24) is 19.9 Å². The maximum Gasteiger partial charge on any atom is 0.160 e. The number of hydrogen-bond acceptors (Lipinski definition) is 5. The molecule has 12 rings (SSSR count). The molecular weight excluding hydrogens is 809 g/mol. The molecule has 0 radical (unpaired) electrons. The van der Waals surface area contributed by atoms with E-state index >= 15 is 0 Å². The zero-order chi connectivity index (χ0) is 43.1. The summed E-state index contributed by atoms with van der Waals surface area (Å²) in [4.78, 5) is 20.6. The predicted molar refractivity (Wildman–Crippen MR) is 272 cm³/mol. The Kier molecular flexibility index (Phi) is 9.66. The van der Waals surface area contributed by atoms with Gasteiger partial charge in [0.05, 0.1) is 22.8 Å². The highest BCUT2D eigenvalue weighted by Crippen LogP contribution is 2.43. The number of hydrogen-bond donors (Lipinski definition) is 0. The van der Waals surface area contributed by atoms with Crippen molar-refractivity contribution in [2.24, 2.45) is 0 Å². The van der Waals surface area contributed by atoms with Gasteiger partial charge in [-0.1, -0.05) is 200 Å². The molecule has 12 aromatic rings. The van der Waals surface area contributed by atoms with Gasteiger partial charge in [-0.3, -0.25) is 0 Å². The first-order valence-corrected chi connectivity index (χ1v) is 22.6. The van der Waals surface area contributed by atoms with Gasteiger partial charge in [0.25, 0.3) is 0 Å². The average molecular weight is 847 g/mol. The van der Waals surface area contributed by atoms with E-state index in [1.165, 1.54) is 36.5 Å². The minimum atomic E-state index is 0.691. The molecule has 0 aliphatic heterocycles. The number of aromatic nitrogens is 4. The third kappa shape index (κ3) is 7.34. The van der Waals surface area contributed by atoms with Gasteiger partial charge < -0.3 is 0 Å². The molecule has 0 aliphatic rings. The number of fused-ring (bicyclic) bond motifs is 4. The highest BCUT2D eigenvalue weighted by molar-refractivity contribution is 7.26. The van der Waals surface area contributed by atoms with Crippen molar-refractivity contribution in [2.75, 3.05) is 0 Å². The lowest BCUT2D eigenvalue weighted by Crippen LogP contribution is -1.96. The largest absolute Gasteiger partial charge is 0.228 e. The van der Waals surface area contributed by atoms with Crippen LogP contribution in [0.5, 0.6) is 0 Å². The Morgan fingerprint density at radius 1 is 0.262 bits per heavy atom. The predicted octanol–water partition coefficient (Wildman–Crippen LogP) is 16.1. The summed E-state index contributed by atoms with van der Waals surface area (Å²) in [6.45, 7) is 0. The van der Waals surface area contributed by atoms with E-state index in [1.54, 1.807) is 0 Å². The van der Waals surface area contributed by atoms with E-state index in [9.17, 15) is 0 Å². The highest BCUT2D eigenvalue weighted by atomic mass is 32.1. The van der Waals surface area contributed by atoms with Gasteiger partial charge in [-0.2, -0.15) is 0 Å². The minimum Gasteiger partial charge on any atom is -0.228 e. The second-order valence-corrected chi connectivity index (χ2v) is 17.3. The summed E-state index contributed by atoms with van der Waals surface area (Å²) in [5, 5.41) is 4.85. The van der Waals surface area contributed by atoms with Gasteiger partial charge in [0, 0.05) is 59.1 Å². The molecule has 4 nitrogen and oxygen atoms in total. The van der Waals surface area contributed by atoms with Crippen LogP contribution in [-0.4, -0.2) is 19.9 Å². The van der Waals surface area contributed by atoms with Gasteiger partial charge in [0.15, 0.2) is 11.6 Å². The maximum absolute atomic E-state index is 5.24. The molecule has 0 unspecified atom stereocenters. The van der Waals surface area contributed by atoms with Crippen LogP contribution in [0, 0.1) is 0 Å². The fourth-order valence-electron chi connectivity index (χ4n) is 8.83. The number of benzene rings is 9. The Labute approximate surface area is 380 Å². The average Bonchev–Trinajstić information content (AvgIpc) is 3.77. The van der Waals surface area contributed by atoms with Crippen molar-refractivity contribution >= 4 is 42.3 Å². The Balaban J connectivity index is 0.944. The van der Waals surface area contributed by atoms with Crippen LogP contribution in [0.3, 0.4) is 0 Å². The summed E-state index contributed by atoms with van der Waals surface area (Å²) in [6, 6.07) is 81.0. The highest BCUT2D eigenvalue weighted by Gasteiger charge is 2.17. The molecule has 304 valence electrons. The molecule has 0 atom stereocenters. The lowest BCUT2D eigenvalue weighted by molar-refractivity contribution is 1.18. The molecule has 65 heavy (non-hydrogen) atoms. The molecular formula is C60H38N4S. The molecule has 0 saturated heterocycles. The smallest absolute Gasteiger partial charge is 0.160 e. The first-order chi connectivity index (χ1) is 32.2. The molecule has 0 bridgehead atoms. The molecule has 0 N–H and O–H groups in total. The fourth-order valence-corrected chi connectivity index (χ4v) is 10.0. The molecule has 0 saturated carbocycles. The molecule has 0 aliphatic carbocycles. The standard InChI is InChI=1S/C60H38N4S/c1-4-16-42(17-5-1)53-37-54(43-18-6-2-7-19-43)62-59(61-53)45-31-27-39(28-32-45)47-35-51(58-52(36-47)50-24-12-13-26-57(50)65-58)41-29-33-46(34-30-41)60-63-55(44-20-8-3-9-21-44)38-56(64-60)49-25-14-22-40-15-10-11-23-48(40)49/h1-38H. The third-order valence-corrected chi connectivity index (χ3v) is 13.4. The number of nitrogens with zero attached hydrogens (tertiary/aromatic N) is 4. The van der Waals surface area contributed by atoms with E-state index in [-0.39, 0.29) is 0 Å². The Morgan fingerprint density at radius 3 is 1.32 bits per heavy atom. The van der Waals surface area contributed by atoms with Crippen LogP contribution < -0.4 is 0 Å². The number of rotatable bonds is 8. The zero-order valence-electron chi connectivity index (χ0n) is 35.1. The molecule has 9 aromatic carbocycles. The number of thiophene rings is 1. The van der Waals surface area contributed by atoms with Gasteiger partial charge in [-0.25, -0.2) is 19.9 Å². The van der Waals surface area contributed by atoms with Crippen LogP contribution in [0.1, 0.15) is 0 Å². The summed E-state index contributed by atoms with van der Waals surface area (Å²) in [5.41, 5.74) is 14.3. The maximum atomic E-state index is 5.24. The van der Waals surface area contributed by atoms with Crippen molar-refractivity contribution in [2.45, 2.75) is 0 Å². The molecule has 0 amide bonds. The van der Waals surface area contributed by atoms with Crippen molar-refractivity contribution in [3.05, 3.63) is 231 Å². The van der Waals surface area contributed by atoms with E-state index < -0.39 is 0 Å². The fraction of sp³-hybridized carbons (Fsp3) is 0. The Morgan fingerprint density at radius 2 is 0.723 bits per heavy atom. The van der Waals surface area contributed by atoms with Crippen LogP contribution in [-0.2, 0) is 0 Å². The van der Waals surface area contributed by atoms with Crippen molar-refractivity contribution < 1.29 is 0 Å². The molecule has 0 spiro atoms. The summed E-state index contributed by atoms with van der Waals surface area (Å²) in [6.07, 6.45) is 0. The van der Waals surface area contributed by atoms with Crippen LogP contribution in [0.2, 0.25) is 0 Å². The topological polar surface area (TPSA) is 51.6 Å². The summed E-state index contributed by atoms with van der Waals surface area (Å²) < 4.78 is 2.53. The normalized spacial score (nSPS) is 11.4. The first kappa shape index (κ1) is 38.3. The van der Waals surface area contributed by atoms with Crippen molar-refractivity contribution in [3.8, 4) is 90.1 Å². The molecule has 5 heteroatoms. The van der Waals surface area contributed by atoms with Crippen molar-refractivity contribution in [1.29, 1.82) is 0 Å².